The van der Waals surface area contributed by atoms with Crippen LogP contribution in [-0.2, 0) is 15.0 Å². The molecule has 0 unspecified atom stereocenters. The Morgan fingerprint density at radius 3 is 2.55 bits per heavy atom. The predicted molar refractivity (Wildman–Crippen MR) is 39.1 cm³/mol. The number of rotatable bonds is 5. The van der Waals surface area contributed by atoms with E-state index in [1.807, 2.05) is 0 Å². The number of nitrogens with one attached hydrogen (secondary N) is 2. The van der Waals surface area contributed by atoms with E-state index >= 15 is 0 Å². The van der Waals surface area contributed by atoms with Crippen LogP contribution in [0.2, 0.25) is 0 Å². The molecule has 0 saturated heterocycles. The first kappa shape index (κ1) is 8.63. The average Bonchev–Trinajstić information content (AvgIpc) is 2.67. The molecule has 1 aliphatic carbocycles. The maximum atomic E-state index is 10.9. The van der Waals surface area contributed by atoms with Gasteiger partial charge in [-0.1, -0.05) is 0 Å². The zero-order valence-corrected chi connectivity index (χ0v) is 6.73. The minimum Gasteiger partial charge on any atom is -0.302 e. The molecule has 0 bridgehead atoms. The van der Waals surface area contributed by atoms with Gasteiger partial charge in [0.05, 0.1) is 6.54 Å². The van der Waals surface area contributed by atoms with Crippen molar-refractivity contribution in [3.63, 3.8) is 0 Å². The van der Waals surface area contributed by atoms with Crippen LogP contribution in [0.5, 0.6) is 0 Å². The number of carbonyl (C=O) groups excluding carboxylic acids is 1. The summed E-state index contributed by atoms with van der Waals surface area (Å²) in [6.07, 6.45) is 2.29. The highest BCUT2D eigenvalue weighted by Gasteiger charge is 2.26. The molecule has 0 aromatic carbocycles. The molecular weight excluding hydrogens is 168 g/mol. The first-order valence-electron chi connectivity index (χ1n) is 3.34. The third-order valence-electron chi connectivity index (χ3n) is 1.26. The Balaban J connectivity index is 2.31. The molecule has 0 radical (unpaired) electrons. The molecule has 0 amide bonds. The Labute approximate surface area is 65.4 Å². The molecule has 0 aromatic heterocycles. The zero-order valence-electron chi connectivity index (χ0n) is 5.91. The van der Waals surface area contributed by atoms with Crippen molar-refractivity contribution in [3.05, 3.63) is 0 Å². The molecule has 1 saturated carbocycles. The fourth-order valence-electron chi connectivity index (χ4n) is 0.606. The standard InChI is InChI=1S/C5H10N2O3S/c8-4-3-6-11(9,10)7-5-1-2-5/h4-7H,1-3H2. The van der Waals surface area contributed by atoms with Crippen molar-refractivity contribution < 1.29 is 13.2 Å². The summed E-state index contributed by atoms with van der Waals surface area (Å²) >= 11 is 0. The van der Waals surface area contributed by atoms with Crippen LogP contribution in [0.25, 0.3) is 0 Å². The molecule has 64 valence electrons. The summed E-state index contributed by atoms with van der Waals surface area (Å²) in [7, 11) is -3.41. The van der Waals surface area contributed by atoms with E-state index in [-0.39, 0.29) is 12.6 Å². The van der Waals surface area contributed by atoms with Gasteiger partial charge in [0.15, 0.2) is 0 Å². The highest BCUT2D eigenvalue weighted by Crippen LogP contribution is 2.19. The second kappa shape index (κ2) is 3.29. The predicted octanol–water partition coefficient (Wildman–Crippen LogP) is -1.23. The average molecular weight is 178 g/mol. The van der Waals surface area contributed by atoms with Crippen molar-refractivity contribution in [2.24, 2.45) is 0 Å². The molecule has 11 heavy (non-hydrogen) atoms. The first-order chi connectivity index (χ1) is 5.14. The Kier molecular flexibility index (Phi) is 2.58. The lowest BCUT2D eigenvalue weighted by Gasteiger charge is -2.02. The Morgan fingerprint density at radius 2 is 2.09 bits per heavy atom. The van der Waals surface area contributed by atoms with Crippen molar-refractivity contribution >= 4 is 16.5 Å². The Hall–Kier alpha value is -0.460. The van der Waals surface area contributed by atoms with Gasteiger partial charge in [0.25, 0.3) is 10.2 Å². The van der Waals surface area contributed by atoms with Gasteiger partial charge in [0.1, 0.15) is 6.29 Å². The summed E-state index contributed by atoms with van der Waals surface area (Å²) in [6, 6.07) is 0.0825. The molecule has 5 nitrogen and oxygen atoms in total. The molecule has 0 spiro atoms. The number of aldehydes is 1. The SMILES string of the molecule is O=CCNS(=O)(=O)NC1CC1. The lowest BCUT2D eigenvalue weighted by Crippen LogP contribution is -2.38. The summed E-state index contributed by atoms with van der Waals surface area (Å²) in [5.74, 6) is 0. The van der Waals surface area contributed by atoms with Gasteiger partial charge >= 0.3 is 0 Å². The second-order valence-electron chi connectivity index (χ2n) is 2.41. The van der Waals surface area contributed by atoms with Gasteiger partial charge in [0.2, 0.25) is 0 Å². The molecule has 0 aromatic rings. The summed E-state index contributed by atoms with van der Waals surface area (Å²) in [4.78, 5) is 9.80. The summed E-state index contributed by atoms with van der Waals surface area (Å²) in [6.45, 7) is -0.165. The van der Waals surface area contributed by atoms with Gasteiger partial charge in [0, 0.05) is 6.04 Å². The highest BCUT2D eigenvalue weighted by atomic mass is 32.2. The fourth-order valence-corrected chi connectivity index (χ4v) is 1.65. The lowest BCUT2D eigenvalue weighted by molar-refractivity contribution is -0.106. The number of hydrogen-bond acceptors (Lipinski definition) is 3. The normalized spacial score (nSPS) is 18.2. The third kappa shape index (κ3) is 3.45. The minimum absolute atomic E-state index is 0.0825. The quantitative estimate of drug-likeness (QED) is 0.518. The Bertz CT molecular complexity index is 232. The van der Waals surface area contributed by atoms with E-state index in [1.54, 1.807) is 0 Å². The largest absolute Gasteiger partial charge is 0.302 e. The van der Waals surface area contributed by atoms with Gasteiger partial charge in [-0.2, -0.15) is 17.9 Å². The van der Waals surface area contributed by atoms with Crippen LogP contribution in [0.1, 0.15) is 12.8 Å². The molecule has 1 fully saturated rings. The second-order valence-corrected chi connectivity index (χ2v) is 3.94. The summed E-state index contributed by atoms with van der Waals surface area (Å²) < 4.78 is 26.2. The van der Waals surface area contributed by atoms with E-state index in [9.17, 15) is 13.2 Å². The van der Waals surface area contributed by atoms with Crippen LogP contribution in [0.3, 0.4) is 0 Å². The maximum Gasteiger partial charge on any atom is 0.277 e. The fraction of sp³-hybridized carbons (Fsp3) is 0.800. The van der Waals surface area contributed by atoms with Crippen LogP contribution in [0, 0.1) is 0 Å². The van der Waals surface area contributed by atoms with Crippen LogP contribution < -0.4 is 9.44 Å². The highest BCUT2D eigenvalue weighted by molar-refractivity contribution is 7.87. The molecule has 1 rings (SSSR count). The van der Waals surface area contributed by atoms with Gasteiger partial charge in [-0.15, -0.1) is 0 Å². The summed E-state index contributed by atoms with van der Waals surface area (Å²) in [5, 5.41) is 0. The molecule has 2 N–H and O–H groups in total. The maximum absolute atomic E-state index is 10.9. The van der Waals surface area contributed by atoms with Crippen molar-refractivity contribution in [2.45, 2.75) is 18.9 Å². The molecule has 6 heteroatoms. The topological polar surface area (TPSA) is 75.3 Å². The van der Waals surface area contributed by atoms with Crippen molar-refractivity contribution in [3.8, 4) is 0 Å². The van der Waals surface area contributed by atoms with E-state index in [0.29, 0.717) is 6.29 Å². The van der Waals surface area contributed by atoms with Crippen LogP contribution >= 0.6 is 0 Å². The van der Waals surface area contributed by atoms with Crippen molar-refractivity contribution in [1.82, 2.24) is 9.44 Å². The minimum atomic E-state index is -3.41. The first-order valence-corrected chi connectivity index (χ1v) is 4.83. The lowest BCUT2D eigenvalue weighted by atomic mass is 10.8. The van der Waals surface area contributed by atoms with Gasteiger partial charge < -0.3 is 4.79 Å². The van der Waals surface area contributed by atoms with E-state index in [2.05, 4.69) is 9.44 Å². The number of carbonyl (C=O) groups is 1. The van der Waals surface area contributed by atoms with Crippen LogP contribution in [-0.4, -0.2) is 27.3 Å². The van der Waals surface area contributed by atoms with E-state index in [0.717, 1.165) is 12.8 Å². The Morgan fingerprint density at radius 1 is 1.45 bits per heavy atom. The monoisotopic (exact) mass is 178 g/mol. The van der Waals surface area contributed by atoms with Crippen molar-refractivity contribution in [2.75, 3.05) is 6.54 Å². The van der Waals surface area contributed by atoms with E-state index in [4.69, 9.17) is 0 Å². The van der Waals surface area contributed by atoms with Crippen LogP contribution in [0.4, 0.5) is 0 Å². The summed E-state index contributed by atoms with van der Waals surface area (Å²) in [5.41, 5.74) is 0. The van der Waals surface area contributed by atoms with E-state index < -0.39 is 10.2 Å². The molecular formula is C5H10N2O3S. The molecule has 0 aliphatic heterocycles. The molecule has 0 heterocycles. The van der Waals surface area contributed by atoms with E-state index in [1.165, 1.54) is 0 Å². The zero-order chi connectivity index (χ0) is 8.32. The van der Waals surface area contributed by atoms with Gasteiger partial charge in [-0.05, 0) is 12.8 Å². The van der Waals surface area contributed by atoms with Crippen molar-refractivity contribution in [1.29, 1.82) is 0 Å². The molecule has 1 aliphatic rings. The van der Waals surface area contributed by atoms with Crippen LogP contribution in [0.15, 0.2) is 0 Å². The van der Waals surface area contributed by atoms with Gasteiger partial charge in [-0.25, -0.2) is 0 Å². The smallest absolute Gasteiger partial charge is 0.277 e. The number of hydrogen-bond donors (Lipinski definition) is 2. The molecule has 0 atom stereocenters. The third-order valence-corrected chi connectivity index (χ3v) is 2.45. The van der Waals surface area contributed by atoms with Gasteiger partial charge in [-0.3, -0.25) is 0 Å².